The molecule has 2 aromatic rings. The van der Waals surface area contributed by atoms with Crippen molar-refractivity contribution in [3.05, 3.63) is 29.1 Å². The first-order chi connectivity index (χ1) is 11.6. The highest BCUT2D eigenvalue weighted by Gasteiger charge is 2.29. The van der Waals surface area contributed by atoms with E-state index in [4.69, 9.17) is 21.8 Å². The molecular weight excluding hydrogens is 358 g/mol. The average Bonchev–Trinajstić information content (AvgIpc) is 2.92. The number of fused-ring (bicyclic) bond motifs is 1. The normalized spacial score (nSPS) is 14.3. The molecule has 0 aliphatic rings. The highest BCUT2D eigenvalue weighted by atomic mass is 35.5. The summed E-state index contributed by atoms with van der Waals surface area (Å²) in [6.45, 7) is 8.25. The van der Waals surface area contributed by atoms with Crippen molar-refractivity contribution in [1.82, 2.24) is 10.3 Å². The van der Waals surface area contributed by atoms with E-state index >= 15 is 0 Å². The van der Waals surface area contributed by atoms with Crippen molar-refractivity contribution in [2.24, 2.45) is 5.73 Å². The summed E-state index contributed by atoms with van der Waals surface area (Å²) in [5, 5.41) is 3.24. The van der Waals surface area contributed by atoms with E-state index in [2.05, 4.69) is 29.9 Å². The van der Waals surface area contributed by atoms with Crippen LogP contribution in [0.15, 0.2) is 22.6 Å². The molecule has 0 radical (unpaired) electrons. The Morgan fingerprint density at radius 2 is 2.04 bits per heavy atom. The first-order valence-electron chi connectivity index (χ1n) is 8.27. The number of amides is 1. The Bertz CT molecular complexity index is 785. The molecule has 0 saturated heterocycles. The molecule has 0 aliphatic carbocycles. The fourth-order valence-corrected chi connectivity index (χ4v) is 4.21. The van der Waals surface area contributed by atoms with Crippen molar-refractivity contribution >= 4 is 42.5 Å². The fraction of sp³-hybridized carbons (Fsp3) is 0.471. The molecule has 0 aliphatic heterocycles. The largest absolute Gasteiger partial charge is 0.434 e. The Hall–Kier alpha value is -1.70. The Labute approximate surface area is 153 Å². The predicted molar refractivity (Wildman–Crippen MR) is 102 cm³/mol. The van der Waals surface area contributed by atoms with Crippen LogP contribution in [0.2, 0.25) is 30.7 Å². The second-order valence-corrected chi connectivity index (χ2v) is 13.3. The number of halogens is 1. The summed E-state index contributed by atoms with van der Waals surface area (Å²) in [5.74, 6) is -0.728. The van der Waals surface area contributed by atoms with Gasteiger partial charge in [-0.1, -0.05) is 38.2 Å². The minimum absolute atomic E-state index is 0.0387. The van der Waals surface area contributed by atoms with E-state index in [9.17, 15) is 9.59 Å². The third-order valence-corrected chi connectivity index (χ3v) is 5.67. The van der Waals surface area contributed by atoms with Crippen LogP contribution in [0.1, 0.15) is 24.0 Å². The van der Waals surface area contributed by atoms with E-state index in [0.717, 1.165) is 0 Å². The summed E-state index contributed by atoms with van der Waals surface area (Å²) < 4.78 is 5.50. The third-order valence-electron chi connectivity index (χ3n) is 3.77. The fourth-order valence-electron chi connectivity index (χ4n) is 2.54. The molecule has 1 heterocycles. The number of carbonyl (C=O) groups excluding carboxylic acids is 2. The molecule has 1 amide bonds. The van der Waals surface area contributed by atoms with Crippen molar-refractivity contribution in [3.63, 3.8) is 0 Å². The number of hydrogen-bond donors (Lipinski definition) is 2. The lowest BCUT2D eigenvalue weighted by Crippen LogP contribution is -2.50. The van der Waals surface area contributed by atoms with Crippen LogP contribution in [0.3, 0.4) is 0 Å². The zero-order chi connectivity index (χ0) is 18.8. The molecule has 8 heteroatoms. The van der Waals surface area contributed by atoms with Crippen LogP contribution in [0.5, 0.6) is 0 Å². The van der Waals surface area contributed by atoms with E-state index in [1.165, 1.54) is 0 Å². The van der Waals surface area contributed by atoms with Crippen molar-refractivity contribution < 1.29 is 14.0 Å². The maximum Gasteiger partial charge on any atom is 0.266 e. The van der Waals surface area contributed by atoms with Crippen molar-refractivity contribution in [2.45, 2.75) is 51.1 Å². The number of benzene rings is 1. The SMILES string of the molecule is CC[C@H](NC(=O)[C@@H](N)C[Si](C)(C)C)C(=O)c1nc2cc(Cl)ccc2o1. The van der Waals surface area contributed by atoms with Gasteiger partial charge in [-0.15, -0.1) is 0 Å². The van der Waals surface area contributed by atoms with Gasteiger partial charge in [-0.2, -0.15) is 0 Å². The van der Waals surface area contributed by atoms with Crippen LogP contribution in [-0.4, -0.2) is 36.8 Å². The van der Waals surface area contributed by atoms with Gasteiger partial charge in [-0.25, -0.2) is 4.98 Å². The molecule has 0 bridgehead atoms. The lowest BCUT2D eigenvalue weighted by molar-refractivity contribution is -0.122. The van der Waals surface area contributed by atoms with E-state index in [1.54, 1.807) is 18.2 Å². The Morgan fingerprint density at radius 3 is 2.64 bits per heavy atom. The number of ketones is 1. The van der Waals surface area contributed by atoms with E-state index in [1.807, 2.05) is 6.92 Å². The Balaban J connectivity index is 2.13. The molecule has 0 spiro atoms. The number of nitrogens with one attached hydrogen (secondary N) is 1. The van der Waals surface area contributed by atoms with E-state index in [0.29, 0.717) is 28.6 Å². The number of carbonyl (C=O) groups is 2. The number of nitrogens with two attached hydrogens (primary N) is 1. The third kappa shape index (κ3) is 5.13. The van der Waals surface area contributed by atoms with Gasteiger partial charge in [0, 0.05) is 13.1 Å². The first-order valence-corrected chi connectivity index (χ1v) is 12.4. The van der Waals surface area contributed by atoms with E-state index in [-0.39, 0.29) is 17.6 Å². The van der Waals surface area contributed by atoms with E-state index < -0.39 is 20.2 Å². The van der Waals surface area contributed by atoms with Gasteiger partial charge in [0.1, 0.15) is 5.52 Å². The maximum atomic E-state index is 12.6. The van der Waals surface area contributed by atoms with Crippen LogP contribution in [0.4, 0.5) is 0 Å². The molecule has 6 nitrogen and oxygen atoms in total. The maximum absolute atomic E-state index is 12.6. The second-order valence-electron chi connectivity index (χ2n) is 7.34. The number of nitrogens with zero attached hydrogens (tertiary/aromatic N) is 1. The highest BCUT2D eigenvalue weighted by Crippen LogP contribution is 2.21. The molecular formula is C17H24ClN3O3Si. The average molecular weight is 382 g/mol. The van der Waals surface area contributed by atoms with Gasteiger partial charge in [-0.3, -0.25) is 9.59 Å². The number of rotatable bonds is 7. The molecule has 0 saturated carbocycles. The standard InChI is InChI=1S/C17H24ClN3O3Si/c1-5-12(20-16(23)11(19)9-25(2,3)4)15(22)17-21-13-8-10(18)6-7-14(13)24-17/h6-8,11-12H,5,9,19H2,1-4H3,(H,20,23)/t11-,12-/m0/s1. The molecule has 0 fully saturated rings. The summed E-state index contributed by atoms with van der Waals surface area (Å²) in [6, 6.07) is 4.27. The van der Waals surface area contributed by atoms with Gasteiger partial charge in [0.2, 0.25) is 11.7 Å². The quantitative estimate of drug-likeness (QED) is 0.566. The van der Waals surface area contributed by atoms with Gasteiger partial charge in [0.25, 0.3) is 5.89 Å². The monoisotopic (exact) mass is 381 g/mol. The molecule has 3 N–H and O–H groups in total. The second kappa shape index (κ2) is 7.68. The summed E-state index contributed by atoms with van der Waals surface area (Å²) in [7, 11) is -1.48. The molecule has 2 atom stereocenters. The predicted octanol–water partition coefficient (Wildman–Crippen LogP) is 3.22. The highest BCUT2D eigenvalue weighted by molar-refractivity contribution is 6.76. The number of oxazole rings is 1. The van der Waals surface area contributed by atoms with Crippen molar-refractivity contribution in [1.29, 1.82) is 0 Å². The number of aromatic nitrogens is 1. The zero-order valence-electron chi connectivity index (χ0n) is 14.9. The van der Waals surface area contributed by atoms with Crippen LogP contribution in [-0.2, 0) is 4.79 Å². The van der Waals surface area contributed by atoms with Crippen LogP contribution in [0.25, 0.3) is 11.1 Å². The summed E-state index contributed by atoms with van der Waals surface area (Å²) in [6.07, 6.45) is 0.420. The van der Waals surface area contributed by atoms with Crippen molar-refractivity contribution in [3.8, 4) is 0 Å². The van der Waals surface area contributed by atoms with Gasteiger partial charge in [0.15, 0.2) is 5.58 Å². The van der Waals surface area contributed by atoms with Gasteiger partial charge >= 0.3 is 0 Å². The minimum Gasteiger partial charge on any atom is -0.434 e. The molecule has 2 rings (SSSR count). The zero-order valence-corrected chi connectivity index (χ0v) is 16.7. The van der Waals surface area contributed by atoms with Gasteiger partial charge in [0.05, 0.1) is 12.1 Å². The molecule has 25 heavy (non-hydrogen) atoms. The smallest absolute Gasteiger partial charge is 0.266 e. The molecule has 1 aromatic heterocycles. The first kappa shape index (κ1) is 19.6. The Morgan fingerprint density at radius 1 is 1.36 bits per heavy atom. The van der Waals surface area contributed by atoms with Crippen LogP contribution in [0, 0.1) is 0 Å². The topological polar surface area (TPSA) is 98.2 Å². The Kier molecular flexibility index (Phi) is 6.02. The lowest BCUT2D eigenvalue weighted by atomic mass is 10.1. The lowest BCUT2D eigenvalue weighted by Gasteiger charge is -2.22. The summed E-state index contributed by atoms with van der Waals surface area (Å²) in [5.41, 5.74) is 6.96. The number of Topliss-reactive ketones (excluding diaryl/α,β-unsaturated/α-hetero) is 1. The van der Waals surface area contributed by atoms with Crippen LogP contribution >= 0.6 is 11.6 Å². The summed E-state index contributed by atoms with van der Waals surface area (Å²) in [4.78, 5) is 29.1. The van der Waals surface area contributed by atoms with Crippen molar-refractivity contribution in [2.75, 3.05) is 0 Å². The molecule has 136 valence electrons. The molecule has 0 unspecified atom stereocenters. The molecule has 1 aromatic carbocycles. The van der Waals surface area contributed by atoms with Crippen LogP contribution < -0.4 is 11.1 Å². The summed E-state index contributed by atoms with van der Waals surface area (Å²) >= 11 is 5.92. The van der Waals surface area contributed by atoms with Gasteiger partial charge in [-0.05, 0) is 30.7 Å². The minimum atomic E-state index is -1.48. The van der Waals surface area contributed by atoms with Gasteiger partial charge < -0.3 is 15.5 Å². The number of hydrogen-bond acceptors (Lipinski definition) is 5.